The van der Waals surface area contributed by atoms with Crippen molar-refractivity contribution < 1.29 is 19.4 Å². The number of carbonyl (C=O) groups excluding carboxylic acids is 1. The van der Waals surface area contributed by atoms with E-state index in [0.717, 1.165) is 5.56 Å². The van der Waals surface area contributed by atoms with Gasteiger partial charge in [-0.3, -0.25) is 0 Å². The molecular weight excluding hydrogens is 244 g/mol. The fourth-order valence-electron chi connectivity index (χ4n) is 1.56. The Balaban J connectivity index is 2.19. The van der Waals surface area contributed by atoms with Crippen molar-refractivity contribution in [3.8, 4) is 0 Å². The lowest BCUT2D eigenvalue weighted by molar-refractivity contribution is -0.160. The summed E-state index contributed by atoms with van der Waals surface area (Å²) in [4.78, 5) is 11.4. The number of aliphatic hydroxyl groups excluding tert-OH is 1. The Labute approximate surface area is 114 Å². The number of rotatable bonds is 6. The van der Waals surface area contributed by atoms with Gasteiger partial charge in [-0.15, -0.1) is 0 Å². The quantitative estimate of drug-likeness (QED) is 0.635. The number of ether oxygens (including phenoxy) is 2. The van der Waals surface area contributed by atoms with Crippen molar-refractivity contribution >= 4 is 5.97 Å². The number of esters is 1. The van der Waals surface area contributed by atoms with Crippen LogP contribution in [0.2, 0.25) is 0 Å². The van der Waals surface area contributed by atoms with Gasteiger partial charge in [0.25, 0.3) is 0 Å². The fraction of sp³-hybridized carbons (Fsp3) is 0.533. The molecule has 0 aliphatic heterocycles. The standard InChI is InChI=1S/C15H22O4/c1-15(2,3)19-14(17)11-18-10-9-13(16)12-7-5-4-6-8-12/h4-8,13,16H,9-11H2,1-3H3/t13-/m1/s1. The van der Waals surface area contributed by atoms with Gasteiger partial charge in [-0.05, 0) is 26.3 Å². The molecular formula is C15H22O4. The SMILES string of the molecule is CC(C)(C)OC(=O)COCC[C@@H](O)c1ccccc1. The molecule has 0 aliphatic carbocycles. The zero-order chi connectivity index (χ0) is 14.3. The number of hydrogen-bond acceptors (Lipinski definition) is 4. The van der Waals surface area contributed by atoms with Crippen molar-refractivity contribution in [2.24, 2.45) is 0 Å². The van der Waals surface area contributed by atoms with Crippen LogP contribution in [0.1, 0.15) is 38.9 Å². The Morgan fingerprint density at radius 2 is 1.89 bits per heavy atom. The summed E-state index contributed by atoms with van der Waals surface area (Å²) in [5, 5.41) is 9.88. The van der Waals surface area contributed by atoms with Gasteiger partial charge in [-0.2, -0.15) is 0 Å². The molecule has 0 saturated heterocycles. The molecule has 0 unspecified atom stereocenters. The molecule has 0 amide bonds. The summed E-state index contributed by atoms with van der Waals surface area (Å²) in [5.41, 5.74) is 0.354. The minimum absolute atomic E-state index is 0.0845. The summed E-state index contributed by atoms with van der Waals surface area (Å²) in [6.07, 6.45) is -0.118. The molecule has 1 aromatic rings. The van der Waals surface area contributed by atoms with Crippen molar-refractivity contribution in [2.75, 3.05) is 13.2 Å². The molecule has 1 atom stereocenters. The highest BCUT2D eigenvalue weighted by atomic mass is 16.6. The van der Waals surface area contributed by atoms with Gasteiger partial charge in [-0.1, -0.05) is 30.3 Å². The summed E-state index contributed by atoms with van der Waals surface area (Å²) >= 11 is 0. The maximum absolute atomic E-state index is 11.4. The van der Waals surface area contributed by atoms with E-state index in [-0.39, 0.29) is 12.6 Å². The van der Waals surface area contributed by atoms with Gasteiger partial charge in [0.1, 0.15) is 12.2 Å². The second-order valence-corrected chi connectivity index (χ2v) is 5.35. The lowest BCUT2D eigenvalue weighted by Crippen LogP contribution is -2.26. The second kappa shape index (κ2) is 7.26. The van der Waals surface area contributed by atoms with E-state index in [2.05, 4.69) is 0 Å². The van der Waals surface area contributed by atoms with Gasteiger partial charge in [0.05, 0.1) is 12.7 Å². The van der Waals surface area contributed by atoms with Gasteiger partial charge in [0.2, 0.25) is 0 Å². The summed E-state index contributed by atoms with van der Waals surface area (Å²) in [5.74, 6) is -0.387. The minimum Gasteiger partial charge on any atom is -0.458 e. The third-order valence-corrected chi connectivity index (χ3v) is 2.36. The van der Waals surface area contributed by atoms with Crippen LogP contribution in [0.25, 0.3) is 0 Å². The zero-order valence-corrected chi connectivity index (χ0v) is 11.8. The molecule has 0 saturated carbocycles. The zero-order valence-electron chi connectivity index (χ0n) is 11.8. The van der Waals surface area contributed by atoms with Crippen molar-refractivity contribution in [3.05, 3.63) is 35.9 Å². The molecule has 4 heteroatoms. The first-order chi connectivity index (χ1) is 8.88. The molecule has 0 radical (unpaired) electrons. The largest absolute Gasteiger partial charge is 0.458 e. The maximum Gasteiger partial charge on any atom is 0.332 e. The summed E-state index contributed by atoms with van der Waals surface area (Å²) < 4.78 is 10.3. The van der Waals surface area contributed by atoms with E-state index in [1.165, 1.54) is 0 Å². The Kier molecular flexibility index (Phi) is 5.99. The van der Waals surface area contributed by atoms with Crippen molar-refractivity contribution in [3.63, 3.8) is 0 Å². The minimum atomic E-state index is -0.570. The predicted octanol–water partition coefficient (Wildman–Crippen LogP) is 2.47. The predicted molar refractivity (Wildman–Crippen MR) is 72.7 cm³/mol. The highest BCUT2D eigenvalue weighted by Crippen LogP contribution is 2.15. The normalized spacial score (nSPS) is 13.1. The molecule has 1 aromatic carbocycles. The monoisotopic (exact) mass is 266 g/mol. The topological polar surface area (TPSA) is 55.8 Å². The number of aliphatic hydroxyl groups is 1. The average Bonchev–Trinajstić information content (AvgIpc) is 2.33. The van der Waals surface area contributed by atoms with Gasteiger partial charge in [0, 0.05) is 6.42 Å². The summed E-state index contributed by atoms with van der Waals surface area (Å²) in [6, 6.07) is 9.37. The smallest absolute Gasteiger partial charge is 0.332 e. The van der Waals surface area contributed by atoms with Crippen LogP contribution in [-0.4, -0.2) is 29.9 Å². The number of hydrogen-bond donors (Lipinski definition) is 1. The van der Waals surface area contributed by atoms with Crippen molar-refractivity contribution in [1.29, 1.82) is 0 Å². The average molecular weight is 266 g/mol. The first-order valence-corrected chi connectivity index (χ1v) is 6.41. The van der Waals surface area contributed by atoms with Crippen LogP contribution >= 0.6 is 0 Å². The third-order valence-electron chi connectivity index (χ3n) is 2.36. The number of carbonyl (C=O) groups is 1. The van der Waals surface area contributed by atoms with Crippen molar-refractivity contribution in [2.45, 2.75) is 38.9 Å². The van der Waals surface area contributed by atoms with E-state index >= 15 is 0 Å². The Morgan fingerprint density at radius 1 is 1.26 bits per heavy atom. The lowest BCUT2D eigenvalue weighted by atomic mass is 10.1. The Bertz CT molecular complexity index is 381. The van der Waals surface area contributed by atoms with E-state index in [1.54, 1.807) is 0 Å². The van der Waals surface area contributed by atoms with Gasteiger partial charge in [0.15, 0.2) is 0 Å². The molecule has 4 nitrogen and oxygen atoms in total. The maximum atomic E-state index is 11.4. The van der Waals surface area contributed by atoms with Crippen molar-refractivity contribution in [1.82, 2.24) is 0 Å². The highest BCUT2D eigenvalue weighted by molar-refractivity contribution is 5.71. The summed E-state index contributed by atoms with van der Waals surface area (Å²) in [7, 11) is 0. The first kappa shape index (κ1) is 15.7. The van der Waals surface area contributed by atoms with Gasteiger partial charge in [-0.25, -0.2) is 4.79 Å². The van der Waals surface area contributed by atoms with Crippen LogP contribution in [0.4, 0.5) is 0 Å². The van der Waals surface area contributed by atoms with Gasteiger partial charge < -0.3 is 14.6 Å². The second-order valence-electron chi connectivity index (χ2n) is 5.35. The number of benzene rings is 1. The van der Waals surface area contributed by atoms with Crippen LogP contribution in [0.5, 0.6) is 0 Å². The molecule has 1 N–H and O–H groups in total. The van der Waals surface area contributed by atoms with E-state index in [4.69, 9.17) is 9.47 Å². The molecule has 0 heterocycles. The molecule has 19 heavy (non-hydrogen) atoms. The third kappa shape index (κ3) is 6.94. The molecule has 1 rings (SSSR count). The fourth-order valence-corrected chi connectivity index (χ4v) is 1.56. The Hall–Kier alpha value is -1.39. The van der Waals surface area contributed by atoms with Crippen LogP contribution in [0, 0.1) is 0 Å². The molecule has 106 valence electrons. The van der Waals surface area contributed by atoms with E-state index < -0.39 is 11.7 Å². The molecule has 0 aliphatic rings. The molecule has 0 aromatic heterocycles. The Morgan fingerprint density at radius 3 is 2.47 bits per heavy atom. The molecule has 0 fully saturated rings. The van der Waals surface area contributed by atoms with Crippen LogP contribution in [0.3, 0.4) is 0 Å². The van der Waals surface area contributed by atoms with Gasteiger partial charge >= 0.3 is 5.97 Å². The van der Waals surface area contributed by atoms with E-state index in [9.17, 15) is 9.90 Å². The van der Waals surface area contributed by atoms with Crippen LogP contribution < -0.4 is 0 Å². The summed E-state index contributed by atoms with van der Waals surface area (Å²) in [6.45, 7) is 5.66. The first-order valence-electron chi connectivity index (χ1n) is 6.41. The van der Waals surface area contributed by atoms with Crippen LogP contribution in [0.15, 0.2) is 30.3 Å². The van der Waals surface area contributed by atoms with E-state index in [1.807, 2.05) is 51.1 Å². The highest BCUT2D eigenvalue weighted by Gasteiger charge is 2.16. The molecule has 0 spiro atoms. The van der Waals surface area contributed by atoms with E-state index in [0.29, 0.717) is 13.0 Å². The lowest BCUT2D eigenvalue weighted by Gasteiger charge is -2.19. The van der Waals surface area contributed by atoms with Crippen LogP contribution in [-0.2, 0) is 14.3 Å². The molecule has 0 bridgehead atoms.